The average molecular weight is 144 g/mol. The monoisotopic (exact) mass is 144 g/mol. The maximum atomic E-state index is 9.23. The third kappa shape index (κ3) is 1.94. The van der Waals surface area contributed by atoms with Gasteiger partial charge in [0.25, 0.3) is 0 Å². The second-order valence-electron chi connectivity index (χ2n) is 2.41. The van der Waals surface area contributed by atoms with Crippen molar-refractivity contribution >= 4 is 0 Å². The van der Waals surface area contributed by atoms with Crippen LogP contribution < -0.4 is 5.32 Å². The summed E-state index contributed by atoms with van der Waals surface area (Å²) in [6.45, 7) is 4.27. The fourth-order valence-corrected chi connectivity index (χ4v) is 1.01. The molecule has 1 fully saturated rings. The van der Waals surface area contributed by atoms with Crippen LogP contribution in [0, 0.1) is 6.10 Å². The molecule has 0 aromatic heterocycles. The lowest BCUT2D eigenvalue weighted by atomic mass is 10.1. The Morgan fingerprint density at radius 3 is 3.10 bits per heavy atom. The van der Waals surface area contributed by atoms with Crippen LogP contribution in [0.15, 0.2) is 0 Å². The second-order valence-corrected chi connectivity index (χ2v) is 2.41. The molecule has 0 saturated carbocycles. The van der Waals surface area contributed by atoms with Crippen molar-refractivity contribution in [2.75, 3.05) is 19.7 Å². The summed E-state index contributed by atoms with van der Waals surface area (Å²) in [5, 5.41) is 12.4. The van der Waals surface area contributed by atoms with E-state index in [0.717, 1.165) is 13.1 Å². The van der Waals surface area contributed by atoms with E-state index in [9.17, 15) is 5.11 Å². The van der Waals surface area contributed by atoms with Gasteiger partial charge in [-0.25, -0.2) is 0 Å². The highest BCUT2D eigenvalue weighted by molar-refractivity contribution is 4.88. The van der Waals surface area contributed by atoms with Crippen LogP contribution in [-0.4, -0.2) is 30.9 Å². The SMILES string of the molecule is CC[C](O)C1CNCCO1. The lowest BCUT2D eigenvalue weighted by Gasteiger charge is -2.26. The summed E-state index contributed by atoms with van der Waals surface area (Å²) < 4.78 is 5.28. The van der Waals surface area contributed by atoms with Gasteiger partial charge in [-0.05, 0) is 6.42 Å². The third-order valence-corrected chi connectivity index (χ3v) is 1.66. The summed E-state index contributed by atoms with van der Waals surface area (Å²) in [6, 6.07) is 0. The van der Waals surface area contributed by atoms with Crippen molar-refractivity contribution < 1.29 is 9.84 Å². The van der Waals surface area contributed by atoms with Gasteiger partial charge in [-0.15, -0.1) is 0 Å². The summed E-state index contributed by atoms with van der Waals surface area (Å²) >= 11 is 0. The molecule has 0 aromatic rings. The molecule has 1 atom stereocenters. The van der Waals surface area contributed by atoms with Gasteiger partial charge in [-0.3, -0.25) is 0 Å². The molecule has 1 rings (SSSR count). The number of hydrogen-bond acceptors (Lipinski definition) is 3. The molecule has 0 bridgehead atoms. The Balaban J connectivity index is 2.24. The predicted molar refractivity (Wildman–Crippen MR) is 38.1 cm³/mol. The molecule has 0 aliphatic carbocycles. The fourth-order valence-electron chi connectivity index (χ4n) is 1.01. The van der Waals surface area contributed by atoms with Crippen LogP contribution in [-0.2, 0) is 4.74 Å². The number of hydrogen-bond donors (Lipinski definition) is 2. The van der Waals surface area contributed by atoms with Crippen molar-refractivity contribution in [3.05, 3.63) is 6.10 Å². The summed E-state index contributed by atoms with van der Waals surface area (Å²) in [7, 11) is 0. The topological polar surface area (TPSA) is 41.5 Å². The minimum absolute atomic E-state index is 0.0706. The van der Waals surface area contributed by atoms with Crippen LogP contribution in [0.4, 0.5) is 0 Å². The summed E-state index contributed by atoms with van der Waals surface area (Å²) in [5.41, 5.74) is 0. The molecule has 10 heavy (non-hydrogen) atoms. The summed E-state index contributed by atoms with van der Waals surface area (Å²) in [5.74, 6) is 0. The van der Waals surface area contributed by atoms with Crippen molar-refractivity contribution in [2.24, 2.45) is 0 Å². The Bertz CT molecular complexity index is 91.6. The minimum atomic E-state index is -0.0706. The van der Waals surface area contributed by atoms with Gasteiger partial charge in [0.2, 0.25) is 0 Å². The molecule has 0 spiro atoms. The number of aliphatic hydroxyl groups excluding tert-OH is 1. The number of rotatable bonds is 2. The van der Waals surface area contributed by atoms with E-state index in [0.29, 0.717) is 19.1 Å². The third-order valence-electron chi connectivity index (χ3n) is 1.66. The predicted octanol–water partition coefficient (Wildman–Crippen LogP) is 0.289. The first kappa shape index (κ1) is 7.98. The average Bonchev–Trinajstić information content (AvgIpc) is 2.05. The quantitative estimate of drug-likeness (QED) is 0.585. The maximum absolute atomic E-state index is 9.23. The number of nitrogens with one attached hydrogen (secondary N) is 1. The molecular weight excluding hydrogens is 130 g/mol. The van der Waals surface area contributed by atoms with Gasteiger partial charge in [0.05, 0.1) is 6.61 Å². The van der Waals surface area contributed by atoms with Gasteiger partial charge >= 0.3 is 0 Å². The molecule has 0 aromatic carbocycles. The number of aliphatic hydroxyl groups is 1. The van der Waals surface area contributed by atoms with Crippen LogP contribution in [0.5, 0.6) is 0 Å². The van der Waals surface area contributed by atoms with Gasteiger partial charge in [-0.1, -0.05) is 6.92 Å². The standard InChI is InChI=1S/C7H14NO2/c1-2-6(9)7-5-8-3-4-10-7/h7-9H,2-5H2,1H3. The Morgan fingerprint density at radius 2 is 2.60 bits per heavy atom. The Morgan fingerprint density at radius 1 is 1.80 bits per heavy atom. The summed E-state index contributed by atoms with van der Waals surface area (Å²) in [6.07, 6.45) is 1.07. The van der Waals surface area contributed by atoms with E-state index in [1.807, 2.05) is 6.92 Å². The van der Waals surface area contributed by atoms with Gasteiger partial charge in [0.15, 0.2) is 0 Å². The molecule has 3 nitrogen and oxygen atoms in total. The van der Waals surface area contributed by atoms with Crippen LogP contribution in [0.1, 0.15) is 13.3 Å². The zero-order chi connectivity index (χ0) is 7.40. The number of ether oxygens (including phenoxy) is 1. The molecule has 0 amide bonds. The van der Waals surface area contributed by atoms with E-state index in [2.05, 4.69) is 5.32 Å². The minimum Gasteiger partial charge on any atom is -0.384 e. The smallest absolute Gasteiger partial charge is 0.123 e. The molecule has 1 aliphatic rings. The largest absolute Gasteiger partial charge is 0.384 e. The van der Waals surface area contributed by atoms with Gasteiger partial charge < -0.3 is 15.2 Å². The van der Waals surface area contributed by atoms with Crippen LogP contribution in [0.3, 0.4) is 0 Å². The van der Waals surface area contributed by atoms with E-state index in [1.165, 1.54) is 0 Å². The zero-order valence-corrected chi connectivity index (χ0v) is 6.26. The van der Waals surface area contributed by atoms with E-state index in [-0.39, 0.29) is 6.10 Å². The van der Waals surface area contributed by atoms with E-state index in [4.69, 9.17) is 4.74 Å². The molecule has 1 saturated heterocycles. The molecule has 1 unspecified atom stereocenters. The maximum Gasteiger partial charge on any atom is 0.123 e. The Labute approximate surface area is 61.4 Å². The van der Waals surface area contributed by atoms with Gasteiger partial charge in [0, 0.05) is 13.1 Å². The van der Waals surface area contributed by atoms with Crippen molar-refractivity contribution in [3.63, 3.8) is 0 Å². The molecule has 2 N–H and O–H groups in total. The van der Waals surface area contributed by atoms with E-state index in [1.54, 1.807) is 0 Å². The first-order valence-corrected chi connectivity index (χ1v) is 3.71. The van der Waals surface area contributed by atoms with Gasteiger partial charge in [-0.2, -0.15) is 0 Å². The highest BCUT2D eigenvalue weighted by atomic mass is 16.5. The Kier molecular flexibility index (Phi) is 3.12. The number of morpholine rings is 1. The van der Waals surface area contributed by atoms with Crippen molar-refractivity contribution in [1.29, 1.82) is 0 Å². The van der Waals surface area contributed by atoms with Crippen LogP contribution in [0.2, 0.25) is 0 Å². The fraction of sp³-hybridized carbons (Fsp3) is 0.857. The Hall–Kier alpha value is -0.120. The lowest BCUT2D eigenvalue weighted by Crippen LogP contribution is -2.41. The molecule has 1 radical (unpaired) electrons. The van der Waals surface area contributed by atoms with Crippen molar-refractivity contribution in [1.82, 2.24) is 5.32 Å². The van der Waals surface area contributed by atoms with Crippen molar-refractivity contribution in [3.8, 4) is 0 Å². The molecule has 1 aliphatic heterocycles. The second kappa shape index (κ2) is 3.91. The van der Waals surface area contributed by atoms with Crippen molar-refractivity contribution in [2.45, 2.75) is 19.4 Å². The highest BCUT2D eigenvalue weighted by Gasteiger charge is 2.21. The molecule has 59 valence electrons. The normalized spacial score (nSPS) is 27.3. The first-order valence-electron chi connectivity index (χ1n) is 3.71. The zero-order valence-electron chi connectivity index (χ0n) is 6.26. The van der Waals surface area contributed by atoms with Crippen LogP contribution in [0.25, 0.3) is 0 Å². The van der Waals surface area contributed by atoms with E-state index < -0.39 is 0 Å². The highest BCUT2D eigenvalue weighted by Crippen LogP contribution is 2.11. The summed E-state index contributed by atoms with van der Waals surface area (Å²) in [4.78, 5) is 0. The first-order chi connectivity index (χ1) is 4.84. The van der Waals surface area contributed by atoms with Crippen LogP contribution >= 0.6 is 0 Å². The molecular formula is C7H14NO2. The molecule has 1 heterocycles. The van der Waals surface area contributed by atoms with E-state index >= 15 is 0 Å². The van der Waals surface area contributed by atoms with Gasteiger partial charge in [0.1, 0.15) is 12.2 Å². The lowest BCUT2D eigenvalue weighted by molar-refractivity contribution is -0.00497. The molecule has 3 heteroatoms.